The number of hydrogen-bond acceptors (Lipinski definition) is 9. The van der Waals surface area contributed by atoms with Crippen LogP contribution < -0.4 is 29.4 Å². The fraction of sp³-hybridized carbons (Fsp3) is 1.00. The molecule has 54 heavy (non-hydrogen) atoms. The fourth-order valence-electron chi connectivity index (χ4n) is 6.58. The van der Waals surface area contributed by atoms with E-state index in [0.29, 0.717) is 0 Å². The van der Waals surface area contributed by atoms with Gasteiger partial charge in [-0.25, -0.2) is 0 Å². The van der Waals surface area contributed by atoms with Gasteiger partial charge < -0.3 is 43.2 Å². The Hall–Kier alpha value is 3.96. The van der Waals surface area contributed by atoms with E-state index in [1.165, 1.54) is 205 Å². The van der Waals surface area contributed by atoms with Crippen LogP contribution in [0.5, 0.6) is 0 Å². The van der Waals surface area contributed by atoms with Crippen LogP contribution in [-0.4, -0.2) is 126 Å². The van der Waals surface area contributed by atoms with E-state index in [2.05, 4.69) is 27.7 Å². The first kappa shape index (κ1) is 69.7. The minimum Gasteiger partial charge on any atom is -0.822 e. The van der Waals surface area contributed by atoms with E-state index in [9.17, 15) is 0 Å². The quantitative estimate of drug-likeness (QED) is 0.0342. The molecule has 2 atom stereocenters. The molecular weight excluding hydrogens is 807 g/mol. The van der Waals surface area contributed by atoms with Crippen LogP contribution in [0.2, 0.25) is 0 Å². The maximum absolute atomic E-state index is 8.55. The minimum atomic E-state index is -5.39. The molecule has 0 aromatic heterocycles. The molecule has 0 aromatic carbocycles. The molecule has 0 saturated heterocycles. The number of rotatable bonds is 36. The van der Waals surface area contributed by atoms with Crippen molar-refractivity contribution in [1.82, 2.24) is 0 Å². The van der Waals surface area contributed by atoms with Crippen molar-refractivity contribution in [3.63, 3.8) is 0 Å². The van der Waals surface area contributed by atoms with Gasteiger partial charge in [-0.3, -0.25) is 0 Å². The summed E-state index contributed by atoms with van der Waals surface area (Å²) in [5.41, 5.74) is 0. The normalized spacial score (nSPS) is 12.2. The second kappa shape index (κ2) is 55.0. The third kappa shape index (κ3) is 80.0. The maximum Gasteiger partial charge on any atom is 2.00 e. The van der Waals surface area contributed by atoms with Gasteiger partial charge in [0.1, 0.15) is 0 Å². The van der Waals surface area contributed by atoms with Crippen LogP contribution in [0.1, 0.15) is 233 Å². The summed E-state index contributed by atoms with van der Waals surface area (Å²) in [5.74, 6) is 1.61. The van der Waals surface area contributed by atoms with Gasteiger partial charge >= 0.3 is 113 Å². The summed E-state index contributed by atoms with van der Waals surface area (Å²) in [5, 5.41) is 0. The molecule has 0 heterocycles. The van der Waals surface area contributed by atoms with Gasteiger partial charge in [0.15, 0.2) is 0 Å². The zero-order valence-corrected chi connectivity index (χ0v) is 44.3. The molecule has 0 bridgehead atoms. The first-order valence-electron chi connectivity index (χ1n) is 21.3. The molecule has 0 N–H and O–H groups in total. The molecule has 0 aliphatic carbocycles. The third-order valence-electron chi connectivity index (χ3n) is 9.57. The Morgan fingerprint density at radius 3 is 0.648 bits per heavy atom. The molecule has 0 aromatic rings. The summed E-state index contributed by atoms with van der Waals surface area (Å²) >= 11 is 0. The van der Waals surface area contributed by atoms with E-state index in [-0.39, 0.29) is 113 Å². The minimum absolute atomic E-state index is 0. The summed E-state index contributed by atoms with van der Waals surface area (Å²) in [6.45, 7) is 11.4. The first-order chi connectivity index (χ1) is 24.3. The fourth-order valence-corrected chi connectivity index (χ4v) is 6.58. The zero-order chi connectivity index (χ0) is 38.9. The van der Waals surface area contributed by atoms with Gasteiger partial charge in [-0.05, 0) is 37.5 Å². The molecule has 0 aliphatic heterocycles. The second-order valence-electron chi connectivity index (χ2n) is 14.8. The van der Waals surface area contributed by atoms with Gasteiger partial charge in [0.05, 0.1) is 0 Å². The molecule has 9 nitrogen and oxygen atoms in total. The van der Waals surface area contributed by atoms with Gasteiger partial charge in [-0.15, -0.1) is 0 Å². The molecule has 14 heteroatoms. The SMILES string of the molecule is CCCCCCCCCCC(CCCCCCCC)COCC(CCCCCCCC)CCCCCCCCCC.O=P([O-])([O-])[O-].O=P([O-])([O-])[O-].[Ca+2].[Ca+2].[Ca+2]. The Kier molecular flexibility index (Phi) is 70.9. The zero-order valence-electron chi connectivity index (χ0n) is 35.9. The summed E-state index contributed by atoms with van der Waals surface area (Å²) in [4.78, 5) is 51.3. The van der Waals surface area contributed by atoms with Crippen LogP contribution >= 0.6 is 15.6 Å². The summed E-state index contributed by atoms with van der Waals surface area (Å²) in [6, 6.07) is 0. The summed E-state index contributed by atoms with van der Waals surface area (Å²) in [6.07, 6.45) is 45.6. The van der Waals surface area contributed by atoms with Crippen molar-refractivity contribution >= 4 is 129 Å². The van der Waals surface area contributed by atoms with Gasteiger partial charge in [-0.1, -0.05) is 207 Å². The molecular formula is C40H82Ca3O9P2. The van der Waals surface area contributed by atoms with Crippen molar-refractivity contribution in [1.29, 1.82) is 0 Å². The van der Waals surface area contributed by atoms with E-state index in [0.717, 1.165) is 25.0 Å². The van der Waals surface area contributed by atoms with Gasteiger partial charge in [0.2, 0.25) is 0 Å². The molecule has 0 amide bonds. The van der Waals surface area contributed by atoms with E-state index in [4.69, 9.17) is 43.2 Å². The summed E-state index contributed by atoms with van der Waals surface area (Å²) < 4.78 is 23.7. The van der Waals surface area contributed by atoms with E-state index in [1.54, 1.807) is 0 Å². The van der Waals surface area contributed by atoms with Crippen molar-refractivity contribution in [2.24, 2.45) is 11.8 Å². The van der Waals surface area contributed by atoms with Crippen molar-refractivity contribution in [3.8, 4) is 0 Å². The third-order valence-corrected chi connectivity index (χ3v) is 9.57. The molecule has 0 fully saturated rings. The van der Waals surface area contributed by atoms with Crippen molar-refractivity contribution in [2.45, 2.75) is 233 Å². The van der Waals surface area contributed by atoms with E-state index < -0.39 is 15.6 Å². The average molecular weight is 889 g/mol. The predicted octanol–water partition coefficient (Wildman–Crippen LogP) is 8.01. The van der Waals surface area contributed by atoms with Crippen molar-refractivity contribution in [3.05, 3.63) is 0 Å². The predicted molar refractivity (Wildman–Crippen MR) is 221 cm³/mol. The van der Waals surface area contributed by atoms with Crippen LogP contribution in [0.4, 0.5) is 0 Å². The monoisotopic (exact) mass is 888 g/mol. The summed E-state index contributed by atoms with van der Waals surface area (Å²) in [7, 11) is -10.8. The average Bonchev–Trinajstić information content (AvgIpc) is 3.04. The van der Waals surface area contributed by atoms with Gasteiger partial charge in [0.25, 0.3) is 0 Å². The number of unbranched alkanes of at least 4 members (excludes halogenated alkanes) is 24. The Morgan fingerprint density at radius 2 is 0.481 bits per heavy atom. The van der Waals surface area contributed by atoms with Crippen LogP contribution in [0, 0.1) is 11.8 Å². The topological polar surface area (TPSA) is 182 Å². The van der Waals surface area contributed by atoms with E-state index in [1.807, 2.05) is 0 Å². The van der Waals surface area contributed by atoms with Crippen molar-refractivity contribution < 1.29 is 43.2 Å². The Bertz CT molecular complexity index is 686. The molecule has 0 spiro atoms. The number of ether oxygens (including phenoxy) is 1. The second-order valence-corrected chi connectivity index (χ2v) is 16.6. The first-order valence-corrected chi connectivity index (χ1v) is 24.2. The van der Waals surface area contributed by atoms with Crippen LogP contribution in [0.15, 0.2) is 0 Å². The van der Waals surface area contributed by atoms with Crippen LogP contribution in [0.3, 0.4) is 0 Å². The molecule has 312 valence electrons. The molecule has 0 aliphatic rings. The molecule has 2 unspecified atom stereocenters. The Morgan fingerprint density at radius 1 is 0.333 bits per heavy atom. The van der Waals surface area contributed by atoms with Crippen molar-refractivity contribution in [2.75, 3.05) is 13.2 Å². The van der Waals surface area contributed by atoms with Crippen LogP contribution in [0.25, 0.3) is 0 Å². The maximum atomic E-state index is 8.55. The molecule has 0 rings (SSSR count). The van der Waals surface area contributed by atoms with Crippen LogP contribution in [-0.2, 0) is 13.9 Å². The molecule has 0 radical (unpaired) electrons. The Balaban J connectivity index is -0.000000389. The Labute approximate surface area is 424 Å². The van der Waals surface area contributed by atoms with E-state index >= 15 is 0 Å². The standard InChI is InChI=1S/C40H82O.3Ca.2H3O4P/c1-5-9-13-17-21-23-27-31-35-39(33-29-25-19-15-11-7-3)37-41-38-40(34-30-26-20-16-12-8-4)36-32-28-24-22-18-14-10-6-2;;;;2*1-5(2,3)4/h39-40H,5-38H2,1-4H3;;;;2*(H3,1,2,3,4)/q;3*+2;;/p-6. The molecule has 0 saturated carbocycles. The van der Waals surface area contributed by atoms with Gasteiger partial charge in [0, 0.05) is 13.2 Å². The number of phosphoric acid groups is 2. The number of hydrogen-bond donors (Lipinski definition) is 0. The van der Waals surface area contributed by atoms with Gasteiger partial charge in [-0.2, -0.15) is 15.6 Å². The smallest absolute Gasteiger partial charge is 0.822 e. The largest absolute Gasteiger partial charge is 2.00 e.